The number of benzene rings is 2. The summed E-state index contributed by atoms with van der Waals surface area (Å²) in [6, 6.07) is 14.7. The van der Waals surface area contributed by atoms with E-state index >= 15 is 0 Å². The van der Waals surface area contributed by atoms with Gasteiger partial charge in [0.25, 0.3) is 0 Å². The molecule has 0 unspecified atom stereocenters. The Bertz CT molecular complexity index is 911. The smallest absolute Gasteiger partial charge is 0.224 e. The number of rotatable bonds is 5. The van der Waals surface area contributed by atoms with Crippen molar-refractivity contribution in [3.05, 3.63) is 60.2 Å². The first kappa shape index (κ1) is 16.8. The first-order valence-corrected chi connectivity index (χ1v) is 9.37. The zero-order valence-corrected chi connectivity index (χ0v) is 15.1. The maximum Gasteiger partial charge on any atom is 0.224 e. The summed E-state index contributed by atoms with van der Waals surface area (Å²) in [5.41, 5.74) is 1.02. The van der Waals surface area contributed by atoms with Crippen LogP contribution in [0.2, 0.25) is 0 Å². The summed E-state index contributed by atoms with van der Waals surface area (Å²) in [6.45, 7) is 1.98. The summed E-state index contributed by atoms with van der Waals surface area (Å²) < 4.78 is 2.15. The van der Waals surface area contributed by atoms with Gasteiger partial charge in [-0.3, -0.25) is 4.79 Å². The number of hydrogen-bond donors (Lipinski definition) is 1. The number of amides is 1. The fourth-order valence-corrected chi connectivity index (χ4v) is 3.92. The predicted octanol–water partition coefficient (Wildman–Crippen LogP) is 3.97. The summed E-state index contributed by atoms with van der Waals surface area (Å²) in [5.74, 6) is 0.859. The summed E-state index contributed by atoms with van der Waals surface area (Å²) in [5, 5.41) is 13.8. The summed E-state index contributed by atoms with van der Waals surface area (Å²) >= 11 is 0. The van der Waals surface area contributed by atoms with Gasteiger partial charge in [0, 0.05) is 6.04 Å². The fourth-order valence-electron chi connectivity index (χ4n) is 3.92. The van der Waals surface area contributed by atoms with Gasteiger partial charge in [-0.2, -0.15) is 0 Å². The second-order valence-corrected chi connectivity index (χ2v) is 7.18. The first-order valence-electron chi connectivity index (χ1n) is 9.37. The topological polar surface area (TPSA) is 59.8 Å². The predicted molar refractivity (Wildman–Crippen MR) is 102 cm³/mol. The molecule has 1 heterocycles. The maximum absolute atomic E-state index is 12.5. The SMILES string of the molecule is C[C@@H](NC(=O)Cc1ccc2ccccc2c1)c1nncn1C1CCCC1. The average Bonchev–Trinajstić information content (AvgIpc) is 3.32. The van der Waals surface area contributed by atoms with Crippen LogP contribution in [-0.2, 0) is 11.2 Å². The Balaban J connectivity index is 1.43. The fraction of sp³-hybridized carbons (Fsp3) is 0.381. The van der Waals surface area contributed by atoms with E-state index in [-0.39, 0.29) is 11.9 Å². The lowest BCUT2D eigenvalue weighted by atomic mass is 10.0. The molecule has 5 heteroatoms. The molecule has 1 aliphatic rings. The molecular formula is C21H24N4O. The van der Waals surface area contributed by atoms with Crippen molar-refractivity contribution in [2.75, 3.05) is 0 Å². The van der Waals surface area contributed by atoms with E-state index in [2.05, 4.69) is 44.3 Å². The highest BCUT2D eigenvalue weighted by molar-refractivity contribution is 5.85. The molecule has 1 aliphatic carbocycles. The van der Waals surface area contributed by atoms with Crippen molar-refractivity contribution in [2.24, 2.45) is 0 Å². The molecule has 3 aromatic rings. The van der Waals surface area contributed by atoms with E-state index in [0.29, 0.717) is 12.5 Å². The van der Waals surface area contributed by atoms with E-state index in [1.54, 1.807) is 6.33 Å². The van der Waals surface area contributed by atoms with E-state index in [0.717, 1.165) is 16.8 Å². The zero-order valence-electron chi connectivity index (χ0n) is 15.1. The highest BCUT2D eigenvalue weighted by Gasteiger charge is 2.23. The Morgan fingerprint density at radius 3 is 2.77 bits per heavy atom. The molecule has 0 radical (unpaired) electrons. The van der Waals surface area contributed by atoms with Crippen molar-refractivity contribution in [3.8, 4) is 0 Å². The van der Waals surface area contributed by atoms with Crippen LogP contribution in [0.3, 0.4) is 0 Å². The molecule has 1 N–H and O–H groups in total. The molecule has 0 spiro atoms. The standard InChI is InChI=1S/C21H24N4O/c1-15(21-24-22-14-25(21)19-8-4-5-9-19)23-20(26)13-16-10-11-17-6-2-3-7-18(17)12-16/h2-3,6-7,10-12,14-15,19H,4-5,8-9,13H2,1H3,(H,23,26)/t15-/m1/s1. The molecule has 1 atom stereocenters. The molecule has 1 saturated carbocycles. The second kappa shape index (κ2) is 7.28. The number of nitrogens with one attached hydrogen (secondary N) is 1. The Hall–Kier alpha value is -2.69. The molecule has 5 nitrogen and oxygen atoms in total. The maximum atomic E-state index is 12.5. The molecule has 2 aromatic carbocycles. The molecule has 0 saturated heterocycles. The summed E-state index contributed by atoms with van der Waals surface area (Å²) in [4.78, 5) is 12.5. The zero-order chi connectivity index (χ0) is 17.9. The molecule has 1 aromatic heterocycles. The van der Waals surface area contributed by atoms with Crippen LogP contribution in [0, 0.1) is 0 Å². The first-order chi connectivity index (χ1) is 12.7. The Morgan fingerprint density at radius 2 is 1.96 bits per heavy atom. The number of aromatic nitrogens is 3. The monoisotopic (exact) mass is 348 g/mol. The Labute approximate surface area is 153 Å². The van der Waals surface area contributed by atoms with Gasteiger partial charge >= 0.3 is 0 Å². The van der Waals surface area contributed by atoms with Crippen molar-refractivity contribution in [1.29, 1.82) is 0 Å². The van der Waals surface area contributed by atoms with Crippen molar-refractivity contribution in [3.63, 3.8) is 0 Å². The minimum absolute atomic E-state index is 0.00810. The van der Waals surface area contributed by atoms with E-state index in [4.69, 9.17) is 0 Å². The van der Waals surface area contributed by atoms with Crippen LogP contribution in [0.5, 0.6) is 0 Å². The van der Waals surface area contributed by atoms with Crippen LogP contribution in [-0.4, -0.2) is 20.7 Å². The van der Waals surface area contributed by atoms with Gasteiger partial charge in [-0.05, 0) is 36.1 Å². The van der Waals surface area contributed by atoms with Crippen molar-refractivity contribution in [1.82, 2.24) is 20.1 Å². The molecule has 4 rings (SSSR count). The van der Waals surface area contributed by atoms with Gasteiger partial charge in [0.2, 0.25) is 5.91 Å². The van der Waals surface area contributed by atoms with E-state index in [1.165, 1.54) is 31.1 Å². The van der Waals surface area contributed by atoms with Crippen LogP contribution < -0.4 is 5.32 Å². The minimum atomic E-state index is -0.147. The molecule has 26 heavy (non-hydrogen) atoms. The van der Waals surface area contributed by atoms with Gasteiger partial charge in [0.05, 0.1) is 12.5 Å². The van der Waals surface area contributed by atoms with Crippen LogP contribution in [0.1, 0.15) is 56.1 Å². The lowest BCUT2D eigenvalue weighted by Gasteiger charge is -2.18. The number of nitrogens with zero attached hydrogens (tertiary/aromatic N) is 3. The summed E-state index contributed by atoms with van der Waals surface area (Å²) in [7, 11) is 0. The molecule has 134 valence electrons. The van der Waals surface area contributed by atoms with Crippen LogP contribution in [0.4, 0.5) is 0 Å². The van der Waals surface area contributed by atoms with Gasteiger partial charge in [-0.1, -0.05) is 55.3 Å². The molecular weight excluding hydrogens is 324 g/mol. The third-order valence-corrected chi connectivity index (χ3v) is 5.26. The quantitative estimate of drug-likeness (QED) is 0.759. The number of fused-ring (bicyclic) bond motifs is 1. The van der Waals surface area contributed by atoms with Crippen molar-refractivity contribution < 1.29 is 4.79 Å². The van der Waals surface area contributed by atoms with Gasteiger partial charge in [0.1, 0.15) is 6.33 Å². The van der Waals surface area contributed by atoms with Gasteiger partial charge in [0.15, 0.2) is 5.82 Å². The van der Waals surface area contributed by atoms with E-state index in [9.17, 15) is 4.79 Å². The normalized spacial score (nSPS) is 16.0. The molecule has 1 fully saturated rings. The highest BCUT2D eigenvalue weighted by atomic mass is 16.1. The van der Waals surface area contributed by atoms with Crippen LogP contribution in [0.15, 0.2) is 48.8 Å². The average molecular weight is 348 g/mol. The van der Waals surface area contributed by atoms with Gasteiger partial charge in [-0.25, -0.2) is 0 Å². The second-order valence-electron chi connectivity index (χ2n) is 7.18. The molecule has 1 amide bonds. The van der Waals surface area contributed by atoms with Crippen LogP contribution in [0.25, 0.3) is 10.8 Å². The van der Waals surface area contributed by atoms with E-state index in [1.807, 2.05) is 25.1 Å². The summed E-state index contributed by atoms with van der Waals surface area (Å²) in [6.07, 6.45) is 7.02. The lowest BCUT2D eigenvalue weighted by Crippen LogP contribution is -2.30. The van der Waals surface area contributed by atoms with Crippen molar-refractivity contribution in [2.45, 2.75) is 51.1 Å². The minimum Gasteiger partial charge on any atom is -0.346 e. The van der Waals surface area contributed by atoms with Gasteiger partial charge < -0.3 is 9.88 Å². The molecule has 0 aliphatic heterocycles. The third-order valence-electron chi connectivity index (χ3n) is 5.26. The van der Waals surface area contributed by atoms with Gasteiger partial charge in [-0.15, -0.1) is 10.2 Å². The highest BCUT2D eigenvalue weighted by Crippen LogP contribution is 2.31. The third kappa shape index (κ3) is 3.47. The lowest BCUT2D eigenvalue weighted by molar-refractivity contribution is -0.121. The molecule has 0 bridgehead atoms. The van der Waals surface area contributed by atoms with Crippen molar-refractivity contribution >= 4 is 16.7 Å². The van der Waals surface area contributed by atoms with E-state index < -0.39 is 0 Å². The van der Waals surface area contributed by atoms with Crippen LogP contribution >= 0.6 is 0 Å². The Kier molecular flexibility index (Phi) is 4.69. The number of hydrogen-bond acceptors (Lipinski definition) is 3. The number of carbonyl (C=O) groups is 1. The largest absolute Gasteiger partial charge is 0.346 e. The Morgan fingerprint density at radius 1 is 1.19 bits per heavy atom. The number of carbonyl (C=O) groups excluding carboxylic acids is 1.